The van der Waals surface area contributed by atoms with E-state index >= 15 is 0 Å². The lowest BCUT2D eigenvalue weighted by molar-refractivity contribution is -0.116. The molecule has 1 aromatic carbocycles. The second kappa shape index (κ2) is 7.97. The number of halogens is 1. The maximum Gasteiger partial charge on any atom is 0.226 e. The molecule has 2 fully saturated rings. The minimum absolute atomic E-state index is 0.0669. The van der Waals surface area contributed by atoms with Gasteiger partial charge in [-0.15, -0.1) is 10.2 Å². The van der Waals surface area contributed by atoms with Gasteiger partial charge in [0, 0.05) is 17.5 Å². The number of carbonyl (C=O) groups excluding carboxylic acids is 1. The SMILES string of the molecule is C[C@]12CCC3c4ccc(F)cc4CCC3C1[C@H](CCC(=O)Nc1nncs1)C/C2=N\[O-]. The van der Waals surface area contributed by atoms with Crippen molar-refractivity contribution in [3.63, 3.8) is 0 Å². The largest absolute Gasteiger partial charge is 0.792 e. The number of amides is 1. The number of anilines is 1. The van der Waals surface area contributed by atoms with Crippen molar-refractivity contribution >= 4 is 28.1 Å². The molecule has 0 spiro atoms. The van der Waals surface area contributed by atoms with E-state index in [2.05, 4.69) is 27.6 Å². The first-order valence-electron chi connectivity index (χ1n) is 11.0. The van der Waals surface area contributed by atoms with Gasteiger partial charge in [0.2, 0.25) is 11.0 Å². The molecular formula is C23H26FN4O2S-. The van der Waals surface area contributed by atoms with Crippen LogP contribution in [0.4, 0.5) is 9.52 Å². The van der Waals surface area contributed by atoms with Crippen LogP contribution in [0.15, 0.2) is 28.9 Å². The number of hydrogen-bond acceptors (Lipinski definition) is 6. The van der Waals surface area contributed by atoms with Gasteiger partial charge in [0.25, 0.3) is 0 Å². The van der Waals surface area contributed by atoms with Gasteiger partial charge in [-0.2, -0.15) is 0 Å². The van der Waals surface area contributed by atoms with E-state index in [0.29, 0.717) is 35.7 Å². The van der Waals surface area contributed by atoms with Gasteiger partial charge in [-0.1, -0.05) is 24.3 Å². The highest BCUT2D eigenvalue weighted by Crippen LogP contribution is 2.62. The maximum atomic E-state index is 13.8. The van der Waals surface area contributed by atoms with Crippen LogP contribution >= 0.6 is 11.3 Å². The molecule has 1 N–H and O–H groups in total. The second-order valence-corrected chi connectivity index (χ2v) is 10.3. The fraction of sp³-hybridized carbons (Fsp3) is 0.565. The Labute approximate surface area is 185 Å². The summed E-state index contributed by atoms with van der Waals surface area (Å²) in [5, 5.41) is 26.1. The van der Waals surface area contributed by atoms with Crippen molar-refractivity contribution < 1.29 is 9.18 Å². The Kier molecular flexibility index (Phi) is 5.28. The standard InChI is InChI=1S/C23H27FN4O2S/c1-23-9-8-17-16-6-4-15(24)10-13(16)2-5-18(17)21(23)14(11-19(23)28-30)3-7-20(29)26-22-27-25-12-31-22/h4,6,10,12,14,17-18,21,30H,2-3,5,7-9,11H2,1H3,(H,26,27,29)/p-1/b28-19+/t14-,17?,18?,21?,23-/m1/s1. The first-order valence-corrected chi connectivity index (χ1v) is 11.9. The number of carbonyl (C=O) groups is 1. The molecular weight excluding hydrogens is 415 g/mol. The first kappa shape index (κ1) is 20.5. The summed E-state index contributed by atoms with van der Waals surface area (Å²) in [5.74, 6) is 1.18. The van der Waals surface area contributed by atoms with Crippen LogP contribution in [0.2, 0.25) is 0 Å². The predicted molar refractivity (Wildman–Crippen MR) is 118 cm³/mol. The zero-order chi connectivity index (χ0) is 21.6. The normalized spacial score (nSPS) is 32.9. The number of nitrogens with one attached hydrogen (secondary N) is 1. The molecule has 3 aliphatic carbocycles. The van der Waals surface area contributed by atoms with Crippen molar-refractivity contribution in [1.29, 1.82) is 0 Å². The zero-order valence-electron chi connectivity index (χ0n) is 17.5. The monoisotopic (exact) mass is 441 g/mol. The molecule has 6 nitrogen and oxygen atoms in total. The number of fused-ring (bicyclic) bond motifs is 5. The lowest BCUT2D eigenvalue weighted by Gasteiger charge is -2.50. The third-order valence-electron chi connectivity index (χ3n) is 8.02. The van der Waals surface area contributed by atoms with Gasteiger partial charge in [0.1, 0.15) is 11.3 Å². The van der Waals surface area contributed by atoms with Gasteiger partial charge in [-0.05, 0) is 85.5 Å². The van der Waals surface area contributed by atoms with E-state index < -0.39 is 0 Å². The van der Waals surface area contributed by atoms with E-state index in [9.17, 15) is 14.4 Å². The Bertz CT molecular complexity index is 1010. The Morgan fingerprint density at radius 1 is 1.42 bits per heavy atom. The molecule has 1 aromatic heterocycles. The van der Waals surface area contributed by atoms with Crippen molar-refractivity contribution in [1.82, 2.24) is 10.2 Å². The van der Waals surface area contributed by atoms with Crippen LogP contribution in [-0.4, -0.2) is 21.8 Å². The Balaban J connectivity index is 1.37. The van der Waals surface area contributed by atoms with E-state index in [1.54, 1.807) is 17.6 Å². The highest BCUT2D eigenvalue weighted by atomic mass is 32.1. The summed E-state index contributed by atoms with van der Waals surface area (Å²) in [6, 6.07) is 5.23. The first-order chi connectivity index (χ1) is 15.0. The van der Waals surface area contributed by atoms with E-state index in [1.165, 1.54) is 16.9 Å². The molecule has 1 amide bonds. The van der Waals surface area contributed by atoms with Crippen molar-refractivity contribution in [3.05, 3.63) is 45.9 Å². The van der Waals surface area contributed by atoms with Gasteiger partial charge in [-0.25, -0.2) is 4.39 Å². The van der Waals surface area contributed by atoms with Crippen LogP contribution in [0.5, 0.6) is 0 Å². The molecule has 3 aliphatic rings. The molecule has 5 atom stereocenters. The number of hydrogen-bond donors (Lipinski definition) is 1. The molecule has 0 aliphatic heterocycles. The summed E-state index contributed by atoms with van der Waals surface area (Å²) in [6.07, 6.45) is 5.58. The number of aromatic nitrogens is 2. The fourth-order valence-corrected chi connectivity index (χ4v) is 7.23. The minimum atomic E-state index is -0.194. The zero-order valence-corrected chi connectivity index (χ0v) is 18.3. The average molecular weight is 442 g/mol. The predicted octanol–water partition coefficient (Wildman–Crippen LogP) is 5.12. The van der Waals surface area contributed by atoms with Crippen molar-refractivity contribution in [2.24, 2.45) is 28.3 Å². The van der Waals surface area contributed by atoms with Gasteiger partial charge in [0.05, 0.1) is 0 Å². The summed E-state index contributed by atoms with van der Waals surface area (Å²) in [7, 11) is 0. The molecule has 0 saturated heterocycles. The van der Waals surface area contributed by atoms with Gasteiger partial charge in [-0.3, -0.25) is 4.79 Å². The van der Waals surface area contributed by atoms with Crippen molar-refractivity contribution in [2.45, 2.75) is 57.8 Å². The van der Waals surface area contributed by atoms with Crippen LogP contribution in [0.1, 0.15) is 62.5 Å². The molecule has 1 heterocycles. The highest BCUT2D eigenvalue weighted by Gasteiger charge is 2.56. The Hall–Kier alpha value is -2.35. The molecule has 0 radical (unpaired) electrons. The molecule has 164 valence electrons. The van der Waals surface area contributed by atoms with Crippen LogP contribution < -0.4 is 5.32 Å². The lowest BCUT2D eigenvalue weighted by Crippen LogP contribution is -2.44. The van der Waals surface area contributed by atoms with Gasteiger partial charge in [0.15, 0.2) is 0 Å². The molecule has 2 aromatic rings. The summed E-state index contributed by atoms with van der Waals surface area (Å²) in [6.45, 7) is 2.20. The van der Waals surface area contributed by atoms with E-state index in [1.807, 2.05) is 6.07 Å². The van der Waals surface area contributed by atoms with E-state index in [-0.39, 0.29) is 23.1 Å². The number of nitrogens with zero attached hydrogens (tertiary/aromatic N) is 3. The summed E-state index contributed by atoms with van der Waals surface area (Å²) in [4.78, 5) is 12.4. The third kappa shape index (κ3) is 3.54. The fourth-order valence-electron chi connectivity index (χ4n) is 6.76. The number of rotatable bonds is 4. The van der Waals surface area contributed by atoms with Crippen LogP contribution in [0, 0.1) is 34.2 Å². The second-order valence-electron chi connectivity index (χ2n) is 9.47. The summed E-state index contributed by atoms with van der Waals surface area (Å²) in [5.41, 5.74) is 4.58. The smallest absolute Gasteiger partial charge is 0.226 e. The van der Waals surface area contributed by atoms with E-state index in [0.717, 1.165) is 43.4 Å². The summed E-state index contributed by atoms with van der Waals surface area (Å²) < 4.78 is 13.8. The third-order valence-corrected chi connectivity index (χ3v) is 8.63. The lowest BCUT2D eigenvalue weighted by atomic mass is 9.54. The van der Waals surface area contributed by atoms with Crippen LogP contribution in [-0.2, 0) is 11.2 Å². The van der Waals surface area contributed by atoms with Crippen molar-refractivity contribution in [2.75, 3.05) is 5.32 Å². The van der Waals surface area contributed by atoms with Crippen LogP contribution in [0.3, 0.4) is 0 Å². The van der Waals surface area contributed by atoms with Gasteiger partial charge < -0.3 is 15.7 Å². The molecule has 31 heavy (non-hydrogen) atoms. The number of benzene rings is 1. The van der Waals surface area contributed by atoms with Gasteiger partial charge >= 0.3 is 0 Å². The average Bonchev–Trinajstić information content (AvgIpc) is 3.36. The van der Waals surface area contributed by atoms with E-state index in [4.69, 9.17) is 0 Å². The quantitative estimate of drug-likeness (QED) is 0.667. The molecule has 2 saturated carbocycles. The molecule has 3 unspecified atom stereocenters. The molecule has 0 bridgehead atoms. The number of aryl methyl sites for hydroxylation is 1. The highest BCUT2D eigenvalue weighted by molar-refractivity contribution is 7.13. The topological polar surface area (TPSA) is 90.3 Å². The minimum Gasteiger partial charge on any atom is -0.792 e. The maximum absolute atomic E-state index is 13.8. The Morgan fingerprint density at radius 3 is 3.06 bits per heavy atom. The Morgan fingerprint density at radius 2 is 2.29 bits per heavy atom. The molecule has 5 rings (SSSR count). The van der Waals surface area contributed by atoms with Crippen LogP contribution in [0.25, 0.3) is 0 Å². The molecule has 8 heteroatoms. The summed E-state index contributed by atoms with van der Waals surface area (Å²) >= 11 is 1.30. The van der Waals surface area contributed by atoms with Crippen molar-refractivity contribution in [3.8, 4) is 0 Å².